The largest absolute Gasteiger partial charge is 0.493 e. The van der Waals surface area contributed by atoms with Crippen molar-refractivity contribution < 1.29 is 24.5 Å². The van der Waals surface area contributed by atoms with Crippen LogP contribution in [0.2, 0.25) is 0 Å². The molecule has 0 aliphatic heterocycles. The normalized spacial score (nSPS) is 12.0. The third-order valence-electron chi connectivity index (χ3n) is 5.42. The lowest BCUT2D eigenvalue weighted by molar-refractivity contribution is -0.137. The van der Waals surface area contributed by atoms with Crippen molar-refractivity contribution in [2.24, 2.45) is 5.92 Å². The van der Waals surface area contributed by atoms with E-state index in [0.29, 0.717) is 13.0 Å². The second kappa shape index (κ2) is 15.3. The van der Waals surface area contributed by atoms with Crippen LogP contribution in [-0.4, -0.2) is 34.1 Å². The number of carboxylic acid groups (broad SMARTS) is 2. The highest BCUT2D eigenvalue weighted by Crippen LogP contribution is 2.24. The van der Waals surface area contributed by atoms with Crippen LogP contribution < -0.4 is 4.74 Å². The first-order chi connectivity index (χ1) is 16.0. The molecule has 2 N–H and O–H groups in total. The molecule has 0 fully saturated rings. The number of aliphatic carboxylic acids is 1. The van der Waals surface area contributed by atoms with E-state index in [1.54, 1.807) is 12.1 Å². The average Bonchev–Trinajstić information content (AvgIpc) is 2.80. The third-order valence-corrected chi connectivity index (χ3v) is 5.98. The highest BCUT2D eigenvalue weighted by atomic mass is 79.9. The molecule has 1 atom stereocenters. The van der Waals surface area contributed by atoms with Gasteiger partial charge in [0.15, 0.2) is 0 Å². The molecule has 0 aliphatic rings. The molecule has 2 rings (SSSR count). The Kier molecular flexibility index (Phi) is 12.3. The fraction of sp³-hybridized carbons (Fsp3) is 0.407. The summed E-state index contributed by atoms with van der Waals surface area (Å²) in [6.07, 6.45) is 10.8. The van der Waals surface area contributed by atoms with Gasteiger partial charge in [0.25, 0.3) is 0 Å². The van der Waals surface area contributed by atoms with Gasteiger partial charge in [0, 0.05) is 17.3 Å². The van der Waals surface area contributed by atoms with Crippen LogP contribution in [0.4, 0.5) is 0 Å². The molecule has 2 aromatic rings. The molecule has 0 amide bonds. The third kappa shape index (κ3) is 10.7. The topological polar surface area (TPSA) is 83.8 Å². The molecule has 1 unspecified atom stereocenters. The number of ether oxygens (including phenoxy) is 1. The molecule has 0 saturated heterocycles. The molecule has 0 saturated carbocycles. The second-order valence-electron chi connectivity index (χ2n) is 8.10. The lowest BCUT2D eigenvalue weighted by Gasteiger charge is -2.14. The van der Waals surface area contributed by atoms with Crippen LogP contribution in [0.3, 0.4) is 0 Å². The monoisotopic (exact) mass is 516 g/mol. The summed E-state index contributed by atoms with van der Waals surface area (Å²) in [6.45, 7) is 0.687. The summed E-state index contributed by atoms with van der Waals surface area (Å²) in [4.78, 5) is 21.9. The van der Waals surface area contributed by atoms with Crippen molar-refractivity contribution in [1.82, 2.24) is 0 Å². The first-order valence-corrected chi connectivity index (χ1v) is 12.6. The molecule has 178 valence electrons. The standard InChI is InChI=1S/C27H33BrO5/c28-18-6-1-7-19-33-25-10-4-3-9-23(25)15-12-21(8-2-5-11-26(29)30)20-22-13-16-24(17-14-22)27(31)32/h3-4,9-10,12-17,21H,1-2,5-8,11,18-20H2,(H,29,30)(H,31,32)/b15-12+. The molecule has 0 bridgehead atoms. The summed E-state index contributed by atoms with van der Waals surface area (Å²) in [6, 6.07) is 14.9. The van der Waals surface area contributed by atoms with E-state index in [1.165, 1.54) is 0 Å². The maximum atomic E-state index is 11.1. The maximum Gasteiger partial charge on any atom is 0.335 e. The zero-order chi connectivity index (χ0) is 23.9. The minimum atomic E-state index is -0.935. The summed E-state index contributed by atoms with van der Waals surface area (Å²) < 4.78 is 6.01. The van der Waals surface area contributed by atoms with Gasteiger partial charge in [0.2, 0.25) is 0 Å². The molecule has 5 nitrogen and oxygen atoms in total. The first kappa shape index (κ1) is 26.7. The zero-order valence-corrected chi connectivity index (χ0v) is 20.5. The van der Waals surface area contributed by atoms with Gasteiger partial charge in [0.05, 0.1) is 12.2 Å². The Labute approximate surface area is 204 Å². The Morgan fingerprint density at radius 1 is 0.939 bits per heavy atom. The molecule has 0 spiro atoms. The Bertz CT molecular complexity index is 892. The number of halogens is 1. The van der Waals surface area contributed by atoms with Gasteiger partial charge < -0.3 is 14.9 Å². The van der Waals surface area contributed by atoms with Crippen molar-refractivity contribution >= 4 is 33.9 Å². The van der Waals surface area contributed by atoms with Crippen LogP contribution in [0.1, 0.15) is 66.4 Å². The van der Waals surface area contributed by atoms with Crippen LogP contribution in [-0.2, 0) is 11.2 Å². The van der Waals surface area contributed by atoms with E-state index >= 15 is 0 Å². The molecule has 0 aliphatic carbocycles. The van der Waals surface area contributed by atoms with Crippen LogP contribution in [0.25, 0.3) is 6.08 Å². The van der Waals surface area contributed by atoms with Crippen LogP contribution in [0.5, 0.6) is 5.75 Å². The number of hydrogen-bond acceptors (Lipinski definition) is 3. The van der Waals surface area contributed by atoms with E-state index in [1.807, 2.05) is 36.4 Å². The molecule has 0 heterocycles. The van der Waals surface area contributed by atoms with Crippen molar-refractivity contribution in [2.75, 3.05) is 11.9 Å². The number of benzene rings is 2. The molecule has 2 aromatic carbocycles. The molecular weight excluding hydrogens is 484 g/mol. The molecule has 33 heavy (non-hydrogen) atoms. The zero-order valence-electron chi connectivity index (χ0n) is 18.9. The number of alkyl halides is 1. The lowest BCUT2D eigenvalue weighted by Crippen LogP contribution is -2.04. The summed E-state index contributed by atoms with van der Waals surface area (Å²) in [5.41, 5.74) is 2.36. The van der Waals surface area contributed by atoms with Crippen molar-refractivity contribution in [3.8, 4) is 5.75 Å². The molecular formula is C27H33BrO5. The Hall–Kier alpha value is -2.60. The number of hydrogen-bond donors (Lipinski definition) is 2. The van der Waals surface area contributed by atoms with E-state index in [9.17, 15) is 9.59 Å². The number of allylic oxidation sites excluding steroid dienone is 1. The van der Waals surface area contributed by atoms with Gasteiger partial charge in [-0.05, 0) is 68.2 Å². The second-order valence-corrected chi connectivity index (χ2v) is 8.89. The number of aromatic carboxylic acids is 1. The number of unbranched alkanes of at least 4 members (excludes halogenated alkanes) is 3. The van der Waals surface area contributed by atoms with E-state index in [4.69, 9.17) is 14.9 Å². The summed E-state index contributed by atoms with van der Waals surface area (Å²) >= 11 is 3.45. The SMILES string of the molecule is O=C(O)CCCCC(/C=C/c1ccccc1OCCCCCBr)Cc1ccc(C(=O)O)cc1. The van der Waals surface area contributed by atoms with Gasteiger partial charge >= 0.3 is 11.9 Å². The quantitative estimate of drug-likeness (QED) is 0.188. The van der Waals surface area contributed by atoms with Gasteiger partial charge in [0.1, 0.15) is 5.75 Å². The van der Waals surface area contributed by atoms with Crippen molar-refractivity contribution in [2.45, 2.75) is 51.4 Å². The minimum Gasteiger partial charge on any atom is -0.493 e. The first-order valence-electron chi connectivity index (χ1n) is 11.5. The van der Waals surface area contributed by atoms with Gasteiger partial charge in [-0.1, -0.05) is 64.8 Å². The summed E-state index contributed by atoms with van der Waals surface area (Å²) in [5.74, 6) is -0.631. The van der Waals surface area contributed by atoms with Crippen molar-refractivity contribution in [1.29, 1.82) is 0 Å². The predicted octanol–water partition coefficient (Wildman–Crippen LogP) is 6.85. The number of para-hydroxylation sites is 1. The number of carbonyl (C=O) groups is 2. The van der Waals surface area contributed by atoms with Crippen LogP contribution in [0.15, 0.2) is 54.6 Å². The summed E-state index contributed by atoms with van der Waals surface area (Å²) in [5, 5.41) is 19.0. The average molecular weight is 517 g/mol. The van der Waals surface area contributed by atoms with Gasteiger partial charge in [-0.3, -0.25) is 4.79 Å². The maximum absolute atomic E-state index is 11.1. The fourth-order valence-corrected chi connectivity index (χ4v) is 3.98. The molecule has 0 aromatic heterocycles. The van der Waals surface area contributed by atoms with E-state index < -0.39 is 11.9 Å². The molecule has 0 radical (unpaired) electrons. The predicted molar refractivity (Wildman–Crippen MR) is 135 cm³/mol. The van der Waals surface area contributed by atoms with Gasteiger partial charge in [-0.2, -0.15) is 0 Å². The Morgan fingerprint density at radius 2 is 1.70 bits per heavy atom. The number of rotatable bonds is 16. The number of carboxylic acids is 2. The van der Waals surface area contributed by atoms with Gasteiger partial charge in [-0.15, -0.1) is 0 Å². The highest BCUT2D eigenvalue weighted by molar-refractivity contribution is 9.09. The summed E-state index contributed by atoms with van der Waals surface area (Å²) in [7, 11) is 0. The van der Waals surface area contributed by atoms with E-state index in [2.05, 4.69) is 28.1 Å². The van der Waals surface area contributed by atoms with Crippen LogP contribution >= 0.6 is 15.9 Å². The fourth-order valence-electron chi connectivity index (χ4n) is 3.58. The molecule has 6 heteroatoms. The Balaban J connectivity index is 2.06. The highest BCUT2D eigenvalue weighted by Gasteiger charge is 2.10. The van der Waals surface area contributed by atoms with E-state index in [-0.39, 0.29) is 17.9 Å². The van der Waals surface area contributed by atoms with Crippen molar-refractivity contribution in [3.63, 3.8) is 0 Å². The van der Waals surface area contributed by atoms with Crippen molar-refractivity contribution in [3.05, 3.63) is 71.3 Å². The van der Waals surface area contributed by atoms with Crippen LogP contribution in [0, 0.1) is 5.92 Å². The Morgan fingerprint density at radius 3 is 2.39 bits per heavy atom. The minimum absolute atomic E-state index is 0.176. The lowest BCUT2D eigenvalue weighted by atomic mass is 9.92. The smallest absolute Gasteiger partial charge is 0.335 e. The van der Waals surface area contributed by atoms with E-state index in [0.717, 1.165) is 60.7 Å². The van der Waals surface area contributed by atoms with Gasteiger partial charge in [-0.25, -0.2) is 4.79 Å².